The molecule has 3 aromatic carbocycles. The quantitative estimate of drug-likeness (QED) is 0.325. The number of nitrogens with zero attached hydrogens (tertiary/aromatic N) is 2. The summed E-state index contributed by atoms with van der Waals surface area (Å²) in [6.45, 7) is 0.380. The van der Waals surface area contributed by atoms with Crippen molar-refractivity contribution in [1.82, 2.24) is 9.78 Å². The first kappa shape index (κ1) is 19.7. The van der Waals surface area contributed by atoms with Gasteiger partial charge in [-0.3, -0.25) is 4.68 Å². The van der Waals surface area contributed by atoms with E-state index in [1.165, 1.54) is 12.3 Å². The van der Waals surface area contributed by atoms with Crippen molar-refractivity contribution in [2.75, 3.05) is 0 Å². The van der Waals surface area contributed by atoms with E-state index in [-0.39, 0.29) is 18.2 Å². The molecule has 0 fully saturated rings. The average molecular weight is 427 g/mol. The minimum Gasteiger partial charge on any atom is -0.488 e. The van der Waals surface area contributed by atoms with Crippen LogP contribution in [0.25, 0.3) is 10.9 Å². The van der Waals surface area contributed by atoms with Gasteiger partial charge in [-0.05, 0) is 36.4 Å². The van der Waals surface area contributed by atoms with Crippen LogP contribution in [0.15, 0.2) is 66.9 Å². The Kier molecular flexibility index (Phi) is 5.54. The first-order chi connectivity index (χ1) is 14.5. The maximum atomic E-state index is 13.9. The Morgan fingerprint density at radius 2 is 1.90 bits per heavy atom. The normalized spacial score (nSPS) is 10.9. The molecule has 1 N–H and O–H groups in total. The molecule has 0 aliphatic rings. The number of carboxylic acid groups (broad SMARTS) is 1. The molecule has 4 aromatic rings. The lowest BCUT2D eigenvalue weighted by Crippen LogP contribution is -2.06. The average Bonchev–Trinajstić information content (AvgIpc) is 3.12. The molecule has 0 radical (unpaired) electrons. The van der Waals surface area contributed by atoms with Crippen LogP contribution in [-0.4, -0.2) is 21.0 Å². The molecule has 1 aromatic heterocycles. The van der Waals surface area contributed by atoms with Gasteiger partial charge in [0.05, 0.1) is 23.6 Å². The number of halogens is 2. The van der Waals surface area contributed by atoms with E-state index in [9.17, 15) is 9.18 Å². The van der Waals surface area contributed by atoms with Gasteiger partial charge in [-0.25, -0.2) is 9.18 Å². The monoisotopic (exact) mass is 426 g/mol. The molecule has 152 valence electrons. The molecule has 0 aliphatic heterocycles. The minimum atomic E-state index is -1.39. The SMILES string of the molecule is O=C(O)Oc1cccc2c1cnn2Cc1cc(Cl)ccc1OCc1ccccc1F. The fourth-order valence-corrected chi connectivity index (χ4v) is 3.33. The molecule has 0 saturated carbocycles. The largest absolute Gasteiger partial charge is 0.511 e. The highest BCUT2D eigenvalue weighted by atomic mass is 35.5. The number of rotatable bonds is 6. The van der Waals surface area contributed by atoms with Gasteiger partial charge >= 0.3 is 6.16 Å². The molecular formula is C22H16ClFN2O4. The van der Waals surface area contributed by atoms with Crippen molar-refractivity contribution in [2.45, 2.75) is 13.2 Å². The Hall–Kier alpha value is -3.58. The molecule has 0 atom stereocenters. The van der Waals surface area contributed by atoms with Crippen LogP contribution < -0.4 is 9.47 Å². The van der Waals surface area contributed by atoms with Crippen LogP contribution in [0, 0.1) is 5.82 Å². The predicted octanol–water partition coefficient (Wildman–Crippen LogP) is 5.51. The second-order valence-corrected chi connectivity index (χ2v) is 6.93. The zero-order chi connectivity index (χ0) is 21.1. The summed E-state index contributed by atoms with van der Waals surface area (Å²) in [6, 6.07) is 16.6. The summed E-state index contributed by atoms with van der Waals surface area (Å²) in [4.78, 5) is 10.9. The molecule has 1 heterocycles. The van der Waals surface area contributed by atoms with Gasteiger partial charge in [0.2, 0.25) is 0 Å². The zero-order valence-corrected chi connectivity index (χ0v) is 16.3. The number of hydrogen-bond donors (Lipinski definition) is 1. The second-order valence-electron chi connectivity index (χ2n) is 6.49. The third-order valence-corrected chi connectivity index (χ3v) is 4.76. The highest BCUT2D eigenvalue weighted by Crippen LogP contribution is 2.29. The Bertz CT molecular complexity index is 1220. The molecule has 0 unspecified atom stereocenters. The number of aromatic nitrogens is 2. The minimum absolute atomic E-state index is 0.0672. The van der Waals surface area contributed by atoms with Crippen LogP contribution in [0.4, 0.5) is 9.18 Å². The van der Waals surface area contributed by atoms with Gasteiger partial charge in [-0.2, -0.15) is 5.10 Å². The highest BCUT2D eigenvalue weighted by Gasteiger charge is 2.13. The summed E-state index contributed by atoms with van der Waals surface area (Å²) < 4.78 is 26.3. The lowest BCUT2D eigenvalue weighted by Gasteiger charge is -2.13. The molecule has 30 heavy (non-hydrogen) atoms. The topological polar surface area (TPSA) is 73.6 Å². The fourth-order valence-electron chi connectivity index (χ4n) is 3.13. The molecule has 4 rings (SSSR count). The van der Waals surface area contributed by atoms with Crippen LogP contribution in [0.5, 0.6) is 11.5 Å². The van der Waals surface area contributed by atoms with Gasteiger partial charge in [0, 0.05) is 16.1 Å². The van der Waals surface area contributed by atoms with Gasteiger partial charge < -0.3 is 14.6 Å². The van der Waals surface area contributed by atoms with Crippen LogP contribution in [-0.2, 0) is 13.2 Å². The summed E-state index contributed by atoms with van der Waals surface area (Å²) in [5.41, 5.74) is 1.88. The number of hydrogen-bond acceptors (Lipinski definition) is 4. The lowest BCUT2D eigenvalue weighted by atomic mass is 10.2. The third kappa shape index (κ3) is 4.21. The van der Waals surface area contributed by atoms with Gasteiger partial charge in [-0.1, -0.05) is 35.9 Å². The first-order valence-corrected chi connectivity index (χ1v) is 9.39. The van der Waals surface area contributed by atoms with E-state index in [0.717, 1.165) is 5.56 Å². The standard InChI is InChI=1S/C22H16ClFN2O4/c23-16-8-9-20(29-13-14-4-1-2-5-18(14)24)15(10-16)12-26-19-6-3-7-21(30-22(27)28)17(19)11-25-26/h1-11H,12-13H2,(H,27,28). The van der Waals surface area contributed by atoms with Gasteiger partial charge in [0.15, 0.2) is 0 Å². The van der Waals surface area contributed by atoms with Crippen molar-refractivity contribution in [3.8, 4) is 11.5 Å². The van der Waals surface area contributed by atoms with Crippen LogP contribution in [0.3, 0.4) is 0 Å². The molecule has 0 aliphatic carbocycles. The van der Waals surface area contributed by atoms with E-state index >= 15 is 0 Å². The highest BCUT2D eigenvalue weighted by molar-refractivity contribution is 6.30. The van der Waals surface area contributed by atoms with Gasteiger partial charge in [0.1, 0.15) is 23.9 Å². The van der Waals surface area contributed by atoms with Crippen molar-refractivity contribution in [2.24, 2.45) is 0 Å². The molecular weight excluding hydrogens is 411 g/mol. The maximum absolute atomic E-state index is 13.9. The Balaban J connectivity index is 1.63. The molecule has 0 amide bonds. The number of ether oxygens (including phenoxy) is 2. The molecule has 0 bridgehead atoms. The molecule has 0 saturated heterocycles. The zero-order valence-electron chi connectivity index (χ0n) is 15.6. The van der Waals surface area contributed by atoms with Crippen LogP contribution in [0.2, 0.25) is 5.02 Å². The van der Waals surface area contributed by atoms with Gasteiger partial charge in [-0.15, -0.1) is 0 Å². The number of benzene rings is 3. The maximum Gasteiger partial charge on any atom is 0.511 e. The molecule has 6 nitrogen and oxygen atoms in total. The summed E-state index contributed by atoms with van der Waals surface area (Å²) in [5, 5.41) is 14.3. The lowest BCUT2D eigenvalue weighted by molar-refractivity contribution is 0.145. The Morgan fingerprint density at radius 3 is 2.70 bits per heavy atom. The van der Waals surface area contributed by atoms with E-state index < -0.39 is 6.16 Å². The summed E-state index contributed by atoms with van der Waals surface area (Å²) in [5.74, 6) is 0.412. The fraction of sp³-hybridized carbons (Fsp3) is 0.0909. The second kappa shape index (κ2) is 8.42. The third-order valence-electron chi connectivity index (χ3n) is 4.53. The summed E-state index contributed by atoms with van der Waals surface area (Å²) in [6.07, 6.45) is 0.145. The number of fused-ring (bicyclic) bond motifs is 1. The van der Waals surface area contributed by atoms with Crippen molar-refractivity contribution in [3.63, 3.8) is 0 Å². The Morgan fingerprint density at radius 1 is 1.07 bits per heavy atom. The van der Waals surface area contributed by atoms with E-state index in [0.29, 0.717) is 33.8 Å². The summed E-state index contributed by atoms with van der Waals surface area (Å²) in [7, 11) is 0. The van der Waals surface area contributed by atoms with Crippen molar-refractivity contribution in [3.05, 3.63) is 88.8 Å². The van der Waals surface area contributed by atoms with E-state index in [4.69, 9.17) is 26.2 Å². The van der Waals surface area contributed by atoms with E-state index in [1.807, 2.05) is 6.07 Å². The predicted molar refractivity (Wildman–Crippen MR) is 110 cm³/mol. The molecule has 0 spiro atoms. The van der Waals surface area contributed by atoms with E-state index in [1.54, 1.807) is 53.2 Å². The van der Waals surface area contributed by atoms with E-state index in [2.05, 4.69) is 5.10 Å². The number of carbonyl (C=O) groups is 1. The van der Waals surface area contributed by atoms with Crippen LogP contribution in [0.1, 0.15) is 11.1 Å². The van der Waals surface area contributed by atoms with Gasteiger partial charge in [0.25, 0.3) is 0 Å². The van der Waals surface area contributed by atoms with Crippen molar-refractivity contribution in [1.29, 1.82) is 0 Å². The summed E-state index contributed by atoms with van der Waals surface area (Å²) >= 11 is 6.17. The first-order valence-electron chi connectivity index (χ1n) is 9.01. The van der Waals surface area contributed by atoms with Crippen molar-refractivity contribution >= 4 is 28.7 Å². The Labute approximate surface area is 176 Å². The van der Waals surface area contributed by atoms with Crippen LogP contribution >= 0.6 is 11.6 Å². The van der Waals surface area contributed by atoms with Crippen molar-refractivity contribution < 1.29 is 23.8 Å². The smallest absolute Gasteiger partial charge is 0.488 e. The molecule has 8 heteroatoms.